The molecule has 0 N–H and O–H groups in total. The van der Waals surface area contributed by atoms with Gasteiger partial charge in [0.25, 0.3) is 0 Å². The number of morpholine rings is 1. The second kappa shape index (κ2) is 16.2. The third kappa shape index (κ3) is 7.33. The summed E-state index contributed by atoms with van der Waals surface area (Å²) in [6.45, 7) is 12.0. The Morgan fingerprint density at radius 1 is 0.842 bits per heavy atom. The van der Waals surface area contributed by atoms with Crippen molar-refractivity contribution >= 4 is 34.5 Å². The van der Waals surface area contributed by atoms with Crippen molar-refractivity contribution in [1.29, 1.82) is 0 Å². The minimum Gasteiger partial charge on any atom is -0.472 e. The fourth-order valence-electron chi connectivity index (χ4n) is 8.54. The van der Waals surface area contributed by atoms with Gasteiger partial charge in [0, 0.05) is 58.6 Å². The van der Waals surface area contributed by atoms with Gasteiger partial charge in [0.05, 0.1) is 32.7 Å². The highest BCUT2D eigenvalue weighted by molar-refractivity contribution is 6.08. The van der Waals surface area contributed by atoms with E-state index < -0.39 is 29.2 Å². The van der Waals surface area contributed by atoms with Gasteiger partial charge < -0.3 is 28.6 Å². The number of hydrogen-bond donors (Lipinski definition) is 0. The number of ether oxygens (including phenoxy) is 5. The number of carbonyl (C=O) groups excluding carboxylic acids is 2. The minimum absolute atomic E-state index is 0.0923. The van der Waals surface area contributed by atoms with Crippen molar-refractivity contribution < 1.29 is 33.3 Å². The average molecular weight is 766 g/mol. The third-order valence-corrected chi connectivity index (χ3v) is 11.5. The smallest absolute Gasteiger partial charge is 0.307 e. The van der Waals surface area contributed by atoms with E-state index in [1.165, 1.54) is 0 Å². The van der Waals surface area contributed by atoms with Crippen LogP contribution in [0.25, 0.3) is 28.0 Å². The molecule has 1 saturated heterocycles. The lowest BCUT2D eigenvalue weighted by molar-refractivity contribution is -0.160. The summed E-state index contributed by atoms with van der Waals surface area (Å²) < 4.78 is 30.8. The molecule has 57 heavy (non-hydrogen) atoms. The molecule has 5 aromatic rings. The van der Waals surface area contributed by atoms with Crippen LogP contribution in [0.3, 0.4) is 0 Å². The van der Waals surface area contributed by atoms with E-state index in [0.29, 0.717) is 26.4 Å². The van der Waals surface area contributed by atoms with Crippen molar-refractivity contribution in [3.8, 4) is 16.9 Å². The molecule has 3 aliphatic rings. The van der Waals surface area contributed by atoms with Crippen LogP contribution in [0.1, 0.15) is 79.8 Å². The molecule has 2 heterocycles. The van der Waals surface area contributed by atoms with E-state index in [1.54, 1.807) is 6.92 Å². The van der Waals surface area contributed by atoms with E-state index in [2.05, 4.69) is 97.6 Å². The third-order valence-electron chi connectivity index (χ3n) is 11.5. The maximum atomic E-state index is 13.8. The van der Waals surface area contributed by atoms with E-state index >= 15 is 0 Å². The normalized spacial score (nSPS) is 20.0. The van der Waals surface area contributed by atoms with E-state index in [-0.39, 0.29) is 12.8 Å². The summed E-state index contributed by atoms with van der Waals surface area (Å²) in [7, 11) is 0. The molecular weight excluding hydrogens is 715 g/mol. The van der Waals surface area contributed by atoms with Crippen molar-refractivity contribution in [2.75, 3.05) is 44.4 Å². The number of fused-ring (bicyclic) bond motifs is 8. The molecule has 0 amide bonds. The van der Waals surface area contributed by atoms with Crippen molar-refractivity contribution in [1.82, 2.24) is 0 Å². The summed E-state index contributed by atoms with van der Waals surface area (Å²) >= 11 is 0. The second-order valence-corrected chi connectivity index (χ2v) is 15.5. The SMILES string of the molecule is CCCCOCC(C)OC(=O)CCC(=O)OC1(C)c2ccccc2-c2c1c1c(c3ccccc23)OC(c2ccc(C)cc2)(c2ccc(N3CCOCC3)cc2)C=C1. The number of nitrogens with zero attached hydrogens (tertiary/aromatic N) is 1. The van der Waals surface area contributed by atoms with Crippen molar-refractivity contribution in [2.45, 2.75) is 70.7 Å². The zero-order chi connectivity index (χ0) is 39.6. The lowest BCUT2D eigenvalue weighted by atomic mass is 9.80. The van der Waals surface area contributed by atoms with Gasteiger partial charge in [0.2, 0.25) is 0 Å². The van der Waals surface area contributed by atoms with Gasteiger partial charge in [0.15, 0.2) is 11.2 Å². The zero-order valence-electron chi connectivity index (χ0n) is 33.3. The first-order chi connectivity index (χ1) is 27.7. The van der Waals surface area contributed by atoms with Crippen molar-refractivity contribution in [3.63, 3.8) is 0 Å². The first kappa shape index (κ1) is 38.4. The number of benzene rings is 5. The maximum absolute atomic E-state index is 13.8. The summed E-state index contributed by atoms with van der Waals surface area (Å²) in [5.41, 5.74) is 6.83. The van der Waals surface area contributed by atoms with Gasteiger partial charge in [-0.2, -0.15) is 0 Å². The predicted octanol–water partition coefficient (Wildman–Crippen LogP) is 9.65. The molecule has 3 unspecified atom stereocenters. The Balaban J connectivity index is 1.17. The molecule has 0 radical (unpaired) electrons. The van der Waals surface area contributed by atoms with Gasteiger partial charge in [-0.25, -0.2) is 0 Å². The summed E-state index contributed by atoms with van der Waals surface area (Å²) in [5, 5.41) is 1.98. The molecule has 1 aliphatic carbocycles. The standard InChI is InChI=1S/C49H51NO7/c1-5-6-29-54-32-34(3)55-43(51)23-24-44(52)56-48(4)42-14-10-9-13-40(42)45-38-11-7-8-12-39(38)47-41(46(45)48)25-26-49(57-47,35-17-15-33(2)16-18-35)36-19-21-37(22-20-36)50-27-30-53-31-28-50/h7-22,25-26,34H,5-6,23-24,27-32H2,1-4H3. The van der Waals surface area contributed by atoms with Crippen LogP contribution in [-0.4, -0.2) is 57.6 Å². The summed E-state index contributed by atoms with van der Waals surface area (Å²) in [5.74, 6) is -0.222. The average Bonchev–Trinajstić information content (AvgIpc) is 3.50. The first-order valence-corrected chi connectivity index (χ1v) is 20.3. The molecule has 8 heteroatoms. The molecule has 0 saturated carbocycles. The Bertz CT molecular complexity index is 2290. The van der Waals surface area contributed by atoms with Crippen molar-refractivity contribution in [3.05, 3.63) is 137 Å². The van der Waals surface area contributed by atoms with E-state index in [1.807, 2.05) is 37.3 Å². The Labute approximate surface area is 335 Å². The quantitative estimate of drug-likeness (QED) is 0.0866. The fraction of sp³-hybridized carbons (Fsp3) is 0.347. The monoisotopic (exact) mass is 765 g/mol. The van der Waals surface area contributed by atoms with Crippen LogP contribution in [0.2, 0.25) is 0 Å². The zero-order valence-corrected chi connectivity index (χ0v) is 33.3. The van der Waals surface area contributed by atoms with Crippen LogP contribution in [-0.2, 0) is 39.7 Å². The highest BCUT2D eigenvalue weighted by Gasteiger charge is 2.48. The lowest BCUT2D eigenvalue weighted by Gasteiger charge is -2.39. The van der Waals surface area contributed by atoms with Gasteiger partial charge in [-0.05, 0) is 61.9 Å². The molecule has 5 aromatic carbocycles. The molecule has 8 nitrogen and oxygen atoms in total. The number of esters is 2. The molecule has 8 rings (SSSR count). The van der Waals surface area contributed by atoms with Crippen LogP contribution in [0.5, 0.6) is 5.75 Å². The van der Waals surface area contributed by atoms with Crippen LogP contribution >= 0.6 is 0 Å². The Morgan fingerprint density at radius 2 is 1.51 bits per heavy atom. The highest BCUT2D eigenvalue weighted by atomic mass is 16.6. The minimum atomic E-state index is -1.17. The van der Waals surface area contributed by atoms with Crippen LogP contribution < -0.4 is 9.64 Å². The molecule has 0 aromatic heterocycles. The topological polar surface area (TPSA) is 83.5 Å². The Hall–Kier alpha value is -5.44. The molecule has 294 valence electrons. The number of hydrogen-bond acceptors (Lipinski definition) is 8. The number of aryl methyl sites for hydroxylation is 1. The largest absolute Gasteiger partial charge is 0.472 e. The van der Waals surface area contributed by atoms with Gasteiger partial charge in [-0.15, -0.1) is 0 Å². The van der Waals surface area contributed by atoms with E-state index in [9.17, 15) is 9.59 Å². The van der Waals surface area contributed by atoms with Gasteiger partial charge >= 0.3 is 11.9 Å². The number of rotatable bonds is 13. The number of carbonyl (C=O) groups is 2. The maximum Gasteiger partial charge on any atom is 0.307 e. The van der Waals surface area contributed by atoms with Gasteiger partial charge in [-0.1, -0.05) is 110 Å². The lowest BCUT2D eigenvalue weighted by Crippen LogP contribution is -2.37. The number of anilines is 1. The molecular formula is C49H51NO7. The van der Waals surface area contributed by atoms with E-state index in [0.717, 1.165) is 92.6 Å². The van der Waals surface area contributed by atoms with Crippen LogP contribution in [0.4, 0.5) is 5.69 Å². The Kier molecular flexibility index (Phi) is 10.9. The van der Waals surface area contributed by atoms with Gasteiger partial charge in [-0.3, -0.25) is 9.59 Å². The van der Waals surface area contributed by atoms with Crippen LogP contribution in [0, 0.1) is 6.92 Å². The van der Waals surface area contributed by atoms with E-state index in [4.69, 9.17) is 23.7 Å². The molecule has 1 fully saturated rings. The number of unbranched alkanes of at least 4 members (excludes halogenated alkanes) is 1. The van der Waals surface area contributed by atoms with Crippen LogP contribution in [0.15, 0.2) is 103 Å². The first-order valence-electron chi connectivity index (χ1n) is 20.3. The molecule has 2 aliphatic heterocycles. The van der Waals surface area contributed by atoms with Crippen molar-refractivity contribution in [2.24, 2.45) is 0 Å². The molecule has 0 spiro atoms. The predicted molar refractivity (Wildman–Crippen MR) is 224 cm³/mol. The fourth-order valence-corrected chi connectivity index (χ4v) is 8.54. The molecule has 3 atom stereocenters. The molecule has 0 bridgehead atoms. The summed E-state index contributed by atoms with van der Waals surface area (Å²) in [6, 6.07) is 33.6. The second-order valence-electron chi connectivity index (χ2n) is 15.5. The highest BCUT2D eigenvalue weighted by Crippen LogP contribution is 2.58. The van der Waals surface area contributed by atoms with Gasteiger partial charge in [0.1, 0.15) is 11.9 Å². The summed E-state index contributed by atoms with van der Waals surface area (Å²) in [6.07, 6.45) is 5.67. The Morgan fingerprint density at radius 3 is 2.25 bits per heavy atom. The summed E-state index contributed by atoms with van der Waals surface area (Å²) in [4.78, 5) is 29.0.